The molecule has 0 spiro atoms. The minimum atomic E-state index is -0.454. The molecule has 1 aromatic carbocycles. The lowest BCUT2D eigenvalue weighted by molar-refractivity contribution is -0.123. The van der Waals surface area contributed by atoms with Gasteiger partial charge in [-0.15, -0.1) is 0 Å². The van der Waals surface area contributed by atoms with Crippen LogP contribution < -0.4 is 16.4 Å². The van der Waals surface area contributed by atoms with Crippen molar-refractivity contribution in [2.75, 3.05) is 10.6 Å². The Morgan fingerprint density at radius 2 is 1.80 bits per heavy atom. The number of aryl methyl sites for hydroxylation is 1. The zero-order valence-electron chi connectivity index (χ0n) is 15.3. The Bertz CT molecular complexity index is 733. The van der Waals surface area contributed by atoms with E-state index in [1.54, 1.807) is 0 Å². The van der Waals surface area contributed by atoms with Crippen LogP contribution in [0.3, 0.4) is 0 Å². The molecule has 5 heteroatoms. The summed E-state index contributed by atoms with van der Waals surface area (Å²) in [6.07, 6.45) is 5.24. The van der Waals surface area contributed by atoms with E-state index < -0.39 is 5.41 Å². The average molecular weight is 341 g/mol. The van der Waals surface area contributed by atoms with Crippen molar-refractivity contribution in [3.05, 3.63) is 35.9 Å². The van der Waals surface area contributed by atoms with Gasteiger partial charge in [-0.05, 0) is 48.9 Å². The zero-order chi connectivity index (χ0) is 18.4. The molecule has 1 aromatic rings. The fourth-order valence-electron chi connectivity index (χ4n) is 3.65. The number of nitrogens with one attached hydrogen (secondary N) is 2. The third-order valence-corrected chi connectivity index (χ3v) is 5.25. The lowest BCUT2D eigenvalue weighted by atomic mass is 9.88. The fourth-order valence-corrected chi connectivity index (χ4v) is 3.65. The maximum absolute atomic E-state index is 12.6. The van der Waals surface area contributed by atoms with Crippen molar-refractivity contribution in [3.8, 4) is 0 Å². The number of fused-ring (bicyclic) bond motifs is 2. The van der Waals surface area contributed by atoms with E-state index in [9.17, 15) is 9.59 Å². The van der Waals surface area contributed by atoms with Gasteiger partial charge in [-0.3, -0.25) is 9.59 Å². The van der Waals surface area contributed by atoms with E-state index in [0.717, 1.165) is 23.4 Å². The molecule has 3 rings (SSSR count). The molecular weight excluding hydrogens is 314 g/mol. The van der Waals surface area contributed by atoms with E-state index in [-0.39, 0.29) is 29.7 Å². The first-order valence-corrected chi connectivity index (χ1v) is 8.83. The van der Waals surface area contributed by atoms with E-state index in [1.165, 1.54) is 0 Å². The Labute approximate surface area is 149 Å². The normalized spacial score (nSPS) is 27.4. The number of benzene rings is 1. The highest BCUT2D eigenvalue weighted by molar-refractivity contribution is 5.97. The third kappa shape index (κ3) is 3.47. The molecule has 25 heavy (non-hydrogen) atoms. The number of carbonyl (C=O) groups excluding carboxylic acids is 2. The van der Waals surface area contributed by atoms with Crippen molar-refractivity contribution in [1.82, 2.24) is 0 Å². The van der Waals surface area contributed by atoms with Crippen LogP contribution in [-0.2, 0) is 9.59 Å². The molecule has 0 unspecified atom stereocenters. The minimum Gasteiger partial charge on any atom is -0.326 e. The lowest BCUT2D eigenvalue weighted by Crippen LogP contribution is -2.41. The summed E-state index contributed by atoms with van der Waals surface area (Å²) < 4.78 is 0. The maximum Gasteiger partial charge on any atom is 0.229 e. The molecule has 1 saturated carbocycles. The number of anilines is 2. The molecule has 4 atom stereocenters. The Balaban J connectivity index is 1.68. The number of nitrogens with two attached hydrogens (primary N) is 1. The molecular formula is C20H27N3O2. The second-order valence-electron chi connectivity index (χ2n) is 8.27. The Hall–Kier alpha value is -2.14. The van der Waals surface area contributed by atoms with Crippen LogP contribution in [0.15, 0.2) is 30.4 Å². The van der Waals surface area contributed by atoms with Crippen molar-refractivity contribution in [1.29, 1.82) is 0 Å². The van der Waals surface area contributed by atoms with Gasteiger partial charge in [0.1, 0.15) is 0 Å². The van der Waals surface area contributed by atoms with Gasteiger partial charge in [0.2, 0.25) is 11.8 Å². The molecule has 2 aliphatic rings. The van der Waals surface area contributed by atoms with Gasteiger partial charge in [0.25, 0.3) is 0 Å². The first-order chi connectivity index (χ1) is 11.7. The van der Waals surface area contributed by atoms with E-state index in [0.29, 0.717) is 5.92 Å². The number of rotatable bonds is 3. The number of amides is 2. The molecule has 5 nitrogen and oxygen atoms in total. The summed E-state index contributed by atoms with van der Waals surface area (Å²) >= 11 is 0. The highest BCUT2D eigenvalue weighted by Gasteiger charge is 2.46. The SMILES string of the molecule is Cc1cc(NC(=O)[C@H]2[C@@H](N)[C@H]3C=C[C@@H]2C3)ccc1NC(=O)C(C)(C)C. The molecule has 134 valence electrons. The Morgan fingerprint density at radius 3 is 2.36 bits per heavy atom. The van der Waals surface area contributed by atoms with Crippen LogP contribution >= 0.6 is 0 Å². The summed E-state index contributed by atoms with van der Waals surface area (Å²) in [6.45, 7) is 7.54. The summed E-state index contributed by atoms with van der Waals surface area (Å²) in [5, 5.41) is 5.92. The van der Waals surface area contributed by atoms with Crippen molar-refractivity contribution in [2.45, 2.75) is 40.2 Å². The molecule has 0 saturated heterocycles. The molecule has 1 fully saturated rings. The van der Waals surface area contributed by atoms with Crippen molar-refractivity contribution < 1.29 is 9.59 Å². The number of allylic oxidation sites excluding steroid dienone is 1. The van der Waals surface area contributed by atoms with Gasteiger partial charge in [0.15, 0.2) is 0 Å². The predicted molar refractivity (Wildman–Crippen MR) is 100 cm³/mol. The van der Waals surface area contributed by atoms with Crippen molar-refractivity contribution in [2.24, 2.45) is 28.9 Å². The fraction of sp³-hybridized carbons (Fsp3) is 0.500. The van der Waals surface area contributed by atoms with Crippen LogP contribution in [0, 0.1) is 30.1 Å². The first-order valence-electron chi connectivity index (χ1n) is 8.83. The largest absolute Gasteiger partial charge is 0.326 e. The lowest BCUT2D eigenvalue weighted by Gasteiger charge is -2.24. The minimum absolute atomic E-state index is 0.0183. The highest BCUT2D eigenvalue weighted by Crippen LogP contribution is 2.43. The van der Waals surface area contributed by atoms with E-state index in [2.05, 4.69) is 22.8 Å². The average Bonchev–Trinajstić information content (AvgIpc) is 3.09. The molecule has 4 N–H and O–H groups in total. The van der Waals surface area contributed by atoms with Crippen LogP contribution in [-0.4, -0.2) is 17.9 Å². The predicted octanol–water partition coefficient (Wildman–Crippen LogP) is 3.07. The van der Waals surface area contributed by atoms with Crippen LogP contribution in [0.2, 0.25) is 0 Å². The Kier molecular flexibility index (Phi) is 4.45. The van der Waals surface area contributed by atoms with Gasteiger partial charge < -0.3 is 16.4 Å². The van der Waals surface area contributed by atoms with Gasteiger partial charge >= 0.3 is 0 Å². The molecule has 2 amide bonds. The molecule has 0 aromatic heterocycles. The second-order valence-corrected chi connectivity index (χ2v) is 8.27. The van der Waals surface area contributed by atoms with E-state index in [4.69, 9.17) is 5.73 Å². The molecule has 2 aliphatic carbocycles. The quantitative estimate of drug-likeness (QED) is 0.739. The summed E-state index contributed by atoms with van der Waals surface area (Å²) in [4.78, 5) is 24.8. The topological polar surface area (TPSA) is 84.2 Å². The van der Waals surface area contributed by atoms with Crippen molar-refractivity contribution >= 4 is 23.2 Å². The van der Waals surface area contributed by atoms with Gasteiger partial charge in [0, 0.05) is 22.8 Å². The molecule has 0 heterocycles. The van der Waals surface area contributed by atoms with Crippen LogP contribution in [0.25, 0.3) is 0 Å². The van der Waals surface area contributed by atoms with Crippen LogP contribution in [0.1, 0.15) is 32.8 Å². The Morgan fingerprint density at radius 1 is 1.12 bits per heavy atom. The summed E-state index contributed by atoms with van der Waals surface area (Å²) in [7, 11) is 0. The van der Waals surface area contributed by atoms with E-state index >= 15 is 0 Å². The van der Waals surface area contributed by atoms with Gasteiger partial charge in [0.05, 0.1) is 5.92 Å². The molecule has 2 bridgehead atoms. The molecule has 0 radical (unpaired) electrons. The summed E-state index contributed by atoms with van der Waals surface area (Å²) in [5.74, 6) is 0.377. The van der Waals surface area contributed by atoms with Gasteiger partial charge in [-0.1, -0.05) is 32.9 Å². The van der Waals surface area contributed by atoms with Crippen molar-refractivity contribution in [3.63, 3.8) is 0 Å². The van der Waals surface area contributed by atoms with Gasteiger partial charge in [-0.2, -0.15) is 0 Å². The maximum atomic E-state index is 12.6. The number of hydrogen-bond donors (Lipinski definition) is 3. The number of carbonyl (C=O) groups is 2. The smallest absolute Gasteiger partial charge is 0.229 e. The number of hydrogen-bond acceptors (Lipinski definition) is 3. The van der Waals surface area contributed by atoms with Crippen LogP contribution in [0.4, 0.5) is 11.4 Å². The van der Waals surface area contributed by atoms with E-state index in [1.807, 2.05) is 45.9 Å². The standard InChI is InChI=1S/C20H27N3O2/c1-11-9-14(7-8-15(11)23-19(25)20(2,3)4)22-18(24)16-12-5-6-13(10-12)17(16)21/h5-9,12-13,16-17H,10,21H2,1-4H3,(H,22,24)(H,23,25)/t12-,13+,16-,17+/m1/s1. The second kappa shape index (κ2) is 6.30. The monoisotopic (exact) mass is 341 g/mol. The third-order valence-electron chi connectivity index (χ3n) is 5.25. The zero-order valence-corrected chi connectivity index (χ0v) is 15.3. The summed E-state index contributed by atoms with van der Waals surface area (Å²) in [6, 6.07) is 5.43. The first kappa shape index (κ1) is 17.7. The summed E-state index contributed by atoms with van der Waals surface area (Å²) in [5.41, 5.74) is 8.16. The highest BCUT2D eigenvalue weighted by atomic mass is 16.2. The van der Waals surface area contributed by atoms with Crippen LogP contribution in [0.5, 0.6) is 0 Å². The van der Waals surface area contributed by atoms with Gasteiger partial charge in [-0.25, -0.2) is 0 Å². The molecule has 0 aliphatic heterocycles.